The minimum absolute atomic E-state index is 0.0919. The quantitative estimate of drug-likeness (QED) is 0.126. The highest BCUT2D eigenvalue weighted by atomic mass is 16.5. The third kappa shape index (κ3) is 7.31. The van der Waals surface area contributed by atoms with Crippen molar-refractivity contribution >= 4 is 35.1 Å². The molecule has 2 aromatic carbocycles. The number of fused-ring (bicyclic) bond motifs is 1. The lowest BCUT2D eigenvalue weighted by Crippen LogP contribution is -2.49. The van der Waals surface area contributed by atoms with Crippen LogP contribution in [0.5, 0.6) is 0 Å². The van der Waals surface area contributed by atoms with E-state index < -0.39 is 24.3 Å². The summed E-state index contributed by atoms with van der Waals surface area (Å²) < 4.78 is 15.7. The largest absolute Gasteiger partial charge is 0.453 e. The molecule has 0 radical (unpaired) electrons. The van der Waals surface area contributed by atoms with Crippen molar-refractivity contribution in [2.75, 3.05) is 27.3 Å². The summed E-state index contributed by atoms with van der Waals surface area (Å²) in [5, 5.41) is 5.50. The molecule has 4 atom stereocenters. The van der Waals surface area contributed by atoms with Gasteiger partial charge in [-0.25, -0.2) is 24.5 Å². The molecule has 5 heterocycles. The van der Waals surface area contributed by atoms with Crippen molar-refractivity contribution in [3.63, 3.8) is 0 Å². The first kappa shape index (κ1) is 36.4. The summed E-state index contributed by atoms with van der Waals surface area (Å²) >= 11 is 0. The van der Waals surface area contributed by atoms with Crippen LogP contribution in [0.25, 0.3) is 45.1 Å². The molecule has 2 aliphatic heterocycles. The Morgan fingerprint density at radius 3 is 1.70 bits per heavy atom. The van der Waals surface area contributed by atoms with E-state index in [9.17, 15) is 19.2 Å². The van der Waals surface area contributed by atoms with Crippen LogP contribution in [-0.4, -0.2) is 98.1 Å². The maximum Gasteiger partial charge on any atom is 0.407 e. The summed E-state index contributed by atoms with van der Waals surface area (Å²) in [6, 6.07) is 12.1. The number of likely N-dealkylation sites (tertiary alicyclic amines) is 2. The van der Waals surface area contributed by atoms with Crippen LogP contribution in [0, 0.1) is 11.8 Å². The molecule has 9 rings (SSSR count). The second-order valence-corrected chi connectivity index (χ2v) is 15.4. The van der Waals surface area contributed by atoms with Crippen LogP contribution in [0.4, 0.5) is 9.59 Å². The molecule has 2 saturated carbocycles. The molecule has 4 N–H and O–H groups in total. The Bertz CT molecular complexity index is 2310. The number of aromatic amines is 2. The van der Waals surface area contributed by atoms with Gasteiger partial charge in [0.2, 0.25) is 17.7 Å². The van der Waals surface area contributed by atoms with E-state index in [-0.39, 0.29) is 35.7 Å². The molecular formula is C41H45N9O7. The number of alkyl carbamates (subject to hydrolysis) is 2. The fourth-order valence-corrected chi connectivity index (χ4v) is 8.30. The summed E-state index contributed by atoms with van der Waals surface area (Å²) in [7, 11) is 2.61. The number of ether oxygens (including phenoxy) is 2. The van der Waals surface area contributed by atoms with Gasteiger partial charge in [-0.15, -0.1) is 0 Å². The Morgan fingerprint density at radius 2 is 1.19 bits per heavy atom. The average molecular weight is 776 g/mol. The normalized spacial score (nSPS) is 20.4. The van der Waals surface area contributed by atoms with Crippen LogP contribution < -0.4 is 10.6 Å². The SMILES string of the molecule is COC(=O)N[C@@H](C(=O)N1CCC[C@H]1c1ncc(-c2ccc(-c3nc4cc(-c5cnc([C@@H]6CCCN6C(=O)[C@H](NC(=O)OC)C6CC6)[nH]5)ccc4o3)cc2)[nH]1)C1CC1. The van der Waals surface area contributed by atoms with E-state index in [2.05, 4.69) is 30.6 Å². The standard InChI is InChI=1S/C41H45N9O7/c1-55-40(53)47-33(23-9-10-23)38(51)49-17-3-5-30(49)35-42-20-28(44-35)22-7-13-25(14-8-22)37-46-27-19-26(15-16-32(27)57-37)29-21-43-36(45-29)31-6-4-18-50(31)39(52)34(24-11-12-24)48-41(54)56-2/h7-8,13-16,19-21,23-24,30-31,33-34H,3-6,9-12,17-18H2,1-2H3,(H,42,44)(H,43,45)(H,47,53)(H,48,54)/t30-,31-,33+,34+/m0/s1. The fourth-order valence-electron chi connectivity index (χ4n) is 8.30. The van der Waals surface area contributed by atoms with Gasteiger partial charge in [0.15, 0.2) is 5.58 Å². The van der Waals surface area contributed by atoms with Crippen molar-refractivity contribution in [1.29, 1.82) is 0 Å². The number of carbonyl (C=O) groups excluding carboxylic acids is 4. The van der Waals surface area contributed by atoms with Crippen LogP contribution in [-0.2, 0) is 19.1 Å². The van der Waals surface area contributed by atoms with E-state index in [1.54, 1.807) is 12.4 Å². The number of carbonyl (C=O) groups is 4. The van der Waals surface area contributed by atoms with Crippen molar-refractivity contribution in [3.8, 4) is 34.0 Å². The van der Waals surface area contributed by atoms with Crippen molar-refractivity contribution in [1.82, 2.24) is 45.4 Å². The molecular weight excluding hydrogens is 731 g/mol. The van der Waals surface area contributed by atoms with Gasteiger partial charge in [0.25, 0.3) is 0 Å². The molecule has 2 saturated heterocycles. The van der Waals surface area contributed by atoms with Gasteiger partial charge >= 0.3 is 12.2 Å². The number of rotatable bonds is 11. The summed E-state index contributed by atoms with van der Waals surface area (Å²) in [5.74, 6) is 1.99. The lowest BCUT2D eigenvalue weighted by molar-refractivity contribution is -0.135. The van der Waals surface area contributed by atoms with Gasteiger partial charge in [-0.05, 0) is 99.1 Å². The summed E-state index contributed by atoms with van der Waals surface area (Å²) in [6.45, 7) is 1.21. The third-order valence-corrected chi connectivity index (χ3v) is 11.7. The van der Waals surface area contributed by atoms with Gasteiger partial charge in [0.05, 0.1) is 50.1 Å². The maximum atomic E-state index is 13.6. The van der Waals surface area contributed by atoms with Crippen LogP contribution in [0.3, 0.4) is 0 Å². The van der Waals surface area contributed by atoms with Gasteiger partial charge in [-0.2, -0.15) is 0 Å². The number of amides is 4. The number of imidazole rings is 2. The predicted octanol–water partition coefficient (Wildman–Crippen LogP) is 5.87. The molecule has 5 aromatic rings. The van der Waals surface area contributed by atoms with E-state index in [4.69, 9.17) is 18.9 Å². The highest BCUT2D eigenvalue weighted by molar-refractivity contribution is 5.88. The number of methoxy groups -OCH3 is 2. The first-order valence-corrected chi connectivity index (χ1v) is 19.7. The number of nitrogens with one attached hydrogen (secondary N) is 4. The van der Waals surface area contributed by atoms with Crippen LogP contribution >= 0.6 is 0 Å². The molecule has 0 spiro atoms. The Labute approximate surface area is 328 Å². The predicted molar refractivity (Wildman–Crippen MR) is 206 cm³/mol. The molecule has 16 nitrogen and oxygen atoms in total. The molecule has 2 aliphatic carbocycles. The zero-order valence-corrected chi connectivity index (χ0v) is 31.8. The minimum Gasteiger partial charge on any atom is -0.453 e. The molecule has 4 amide bonds. The molecule has 4 fully saturated rings. The van der Waals surface area contributed by atoms with Crippen molar-refractivity contribution in [3.05, 3.63) is 66.5 Å². The second-order valence-electron chi connectivity index (χ2n) is 15.4. The van der Waals surface area contributed by atoms with Crippen molar-refractivity contribution in [2.24, 2.45) is 11.8 Å². The molecule has 3 aromatic heterocycles. The van der Waals surface area contributed by atoms with Crippen LogP contribution in [0.1, 0.15) is 75.1 Å². The summed E-state index contributed by atoms with van der Waals surface area (Å²) in [4.78, 5) is 75.9. The van der Waals surface area contributed by atoms with Gasteiger partial charge in [-0.3, -0.25) is 9.59 Å². The van der Waals surface area contributed by atoms with Gasteiger partial charge < -0.3 is 44.3 Å². The Morgan fingerprint density at radius 1 is 0.702 bits per heavy atom. The monoisotopic (exact) mass is 775 g/mol. The van der Waals surface area contributed by atoms with Crippen molar-refractivity contribution in [2.45, 2.75) is 75.5 Å². The highest BCUT2D eigenvalue weighted by Gasteiger charge is 2.44. The van der Waals surface area contributed by atoms with E-state index in [0.29, 0.717) is 35.9 Å². The van der Waals surface area contributed by atoms with Gasteiger partial charge in [-0.1, -0.05) is 12.1 Å². The third-order valence-electron chi connectivity index (χ3n) is 11.7. The van der Waals surface area contributed by atoms with Crippen LogP contribution in [0.2, 0.25) is 0 Å². The number of hydrogen-bond donors (Lipinski definition) is 4. The molecule has 296 valence electrons. The Kier molecular flexibility index (Phi) is 9.62. The van der Waals surface area contributed by atoms with E-state index in [0.717, 1.165) is 85.3 Å². The first-order chi connectivity index (χ1) is 27.8. The fraction of sp³-hybridized carbons (Fsp3) is 0.439. The second kappa shape index (κ2) is 15.0. The van der Waals surface area contributed by atoms with E-state index >= 15 is 0 Å². The van der Waals surface area contributed by atoms with E-state index in [1.807, 2.05) is 52.3 Å². The number of benzene rings is 2. The maximum absolute atomic E-state index is 13.6. The molecule has 0 bridgehead atoms. The Balaban J connectivity index is 0.873. The number of aromatic nitrogens is 5. The lowest BCUT2D eigenvalue weighted by atomic mass is 10.1. The van der Waals surface area contributed by atoms with Gasteiger partial charge in [0, 0.05) is 24.2 Å². The van der Waals surface area contributed by atoms with Crippen molar-refractivity contribution < 1.29 is 33.1 Å². The molecule has 57 heavy (non-hydrogen) atoms. The zero-order chi connectivity index (χ0) is 39.2. The smallest absolute Gasteiger partial charge is 0.407 e. The average Bonchev–Trinajstić information content (AvgIpc) is 3.82. The summed E-state index contributed by atoms with van der Waals surface area (Å²) in [5.41, 5.74) is 5.60. The zero-order valence-electron chi connectivity index (χ0n) is 31.8. The lowest BCUT2D eigenvalue weighted by Gasteiger charge is -2.28. The first-order valence-electron chi connectivity index (χ1n) is 19.7. The highest BCUT2D eigenvalue weighted by Crippen LogP contribution is 2.39. The molecule has 16 heteroatoms. The molecule has 4 aliphatic rings. The van der Waals surface area contributed by atoms with Gasteiger partial charge in [0.1, 0.15) is 29.2 Å². The molecule has 0 unspecified atom stereocenters. The number of oxazole rings is 1. The Hall–Kier alpha value is -6.19. The number of H-pyrrole nitrogens is 2. The number of nitrogens with zero attached hydrogens (tertiary/aromatic N) is 5. The summed E-state index contributed by atoms with van der Waals surface area (Å²) in [6.07, 6.45) is 9.25. The topological polar surface area (TPSA) is 201 Å². The van der Waals surface area contributed by atoms with E-state index in [1.165, 1.54) is 14.2 Å². The number of hydrogen-bond acceptors (Lipinski definition) is 10. The minimum atomic E-state index is -0.596. The van der Waals surface area contributed by atoms with Crippen LogP contribution in [0.15, 0.2) is 59.3 Å².